The van der Waals surface area contributed by atoms with E-state index in [1.807, 2.05) is 6.92 Å². The molecule has 0 aliphatic rings. The molecule has 0 aromatic rings. The van der Waals surface area contributed by atoms with Crippen LogP contribution in [0.4, 0.5) is 0 Å². The third-order valence-electron chi connectivity index (χ3n) is 1.14. The van der Waals surface area contributed by atoms with Crippen LogP contribution in [0.15, 0.2) is 11.3 Å². The molecule has 0 aliphatic heterocycles. The molecule has 0 fully saturated rings. The molecule has 0 amide bonds. The van der Waals surface area contributed by atoms with E-state index in [0.29, 0.717) is 12.2 Å². The largest absolute Gasteiger partial charge is 0.462 e. The Kier molecular flexibility index (Phi) is 6.04. The van der Waals surface area contributed by atoms with Gasteiger partial charge in [-0.05, 0) is 19.0 Å². The van der Waals surface area contributed by atoms with Crippen LogP contribution in [-0.4, -0.2) is 18.6 Å². The summed E-state index contributed by atoms with van der Waals surface area (Å²) in [6.07, 6.45) is 0.782. The van der Waals surface area contributed by atoms with Crippen molar-refractivity contribution in [3.05, 3.63) is 11.3 Å². The fourth-order valence-corrected chi connectivity index (χ4v) is 2.69. The first-order chi connectivity index (χ1) is 5.87. The predicted molar refractivity (Wildman–Crippen MR) is 58.3 cm³/mol. The average molecular weight is 262 g/mol. The predicted octanol–water partition coefficient (Wildman–Crippen LogP) is 3.08. The Morgan fingerprint density at radius 2 is 2.00 bits per heavy atom. The van der Waals surface area contributed by atoms with E-state index in [4.69, 9.17) is 38.0 Å². The van der Waals surface area contributed by atoms with E-state index in [0.717, 1.165) is 6.42 Å². The topological polar surface area (TPSA) is 26.3 Å². The Morgan fingerprint density at radius 1 is 1.46 bits per heavy atom. The Hall–Kier alpha value is 0.297. The summed E-state index contributed by atoms with van der Waals surface area (Å²) in [7, 11) is 0. The van der Waals surface area contributed by atoms with E-state index in [1.54, 1.807) is 6.92 Å². The molecule has 0 spiro atoms. The van der Waals surface area contributed by atoms with Crippen molar-refractivity contribution >= 4 is 45.2 Å². The Balaban J connectivity index is 4.17. The lowest BCUT2D eigenvalue weighted by molar-refractivity contribution is -0.138. The van der Waals surface area contributed by atoms with Gasteiger partial charge in [-0.25, -0.2) is 4.79 Å². The Bertz CT molecular complexity index is 210. The highest BCUT2D eigenvalue weighted by Gasteiger charge is 2.23. The van der Waals surface area contributed by atoms with Crippen molar-refractivity contribution in [1.82, 2.24) is 0 Å². The van der Waals surface area contributed by atoms with Gasteiger partial charge in [-0.1, -0.05) is 6.92 Å². The molecule has 6 heteroatoms. The lowest BCUT2D eigenvalue weighted by atomic mass is 10.4. The van der Waals surface area contributed by atoms with Gasteiger partial charge >= 0.3 is 12.0 Å². The number of rotatable bonds is 4. The lowest BCUT2D eigenvalue weighted by Crippen LogP contribution is -2.12. The van der Waals surface area contributed by atoms with Crippen LogP contribution >= 0.6 is 33.2 Å². The molecule has 0 heterocycles. The summed E-state index contributed by atoms with van der Waals surface area (Å²) < 4.78 is 4.84. The molecule has 0 aromatic carbocycles. The number of esters is 1. The highest BCUT2D eigenvalue weighted by atomic mass is 35.8. The van der Waals surface area contributed by atoms with E-state index in [-0.39, 0.29) is 0 Å². The van der Waals surface area contributed by atoms with Crippen LogP contribution in [0.1, 0.15) is 20.3 Å². The minimum Gasteiger partial charge on any atom is -0.462 e. The van der Waals surface area contributed by atoms with Crippen molar-refractivity contribution in [3.63, 3.8) is 0 Å². The van der Waals surface area contributed by atoms with Crippen LogP contribution in [0.3, 0.4) is 0 Å². The van der Waals surface area contributed by atoms with Crippen molar-refractivity contribution in [3.8, 4) is 0 Å². The van der Waals surface area contributed by atoms with Crippen molar-refractivity contribution < 1.29 is 9.53 Å². The SMILES string of the molecule is CCCOC(=O)/C(C)=C/[Si](Cl)(Cl)Cl. The van der Waals surface area contributed by atoms with E-state index in [2.05, 4.69) is 0 Å². The number of carbonyl (C=O) groups excluding carboxylic acids is 1. The number of hydrogen-bond donors (Lipinski definition) is 0. The first-order valence-electron chi connectivity index (χ1n) is 3.80. The Morgan fingerprint density at radius 3 is 2.38 bits per heavy atom. The molecule has 0 aromatic heterocycles. The molecule has 0 unspecified atom stereocenters. The fourth-order valence-electron chi connectivity index (χ4n) is 0.613. The Labute approximate surface area is 92.9 Å². The van der Waals surface area contributed by atoms with Crippen molar-refractivity contribution in [2.75, 3.05) is 6.61 Å². The first kappa shape index (κ1) is 13.3. The molecule has 0 N–H and O–H groups in total. The molecular formula is C7H11Cl3O2Si. The van der Waals surface area contributed by atoms with Gasteiger partial charge in [0.15, 0.2) is 0 Å². The van der Waals surface area contributed by atoms with E-state index in [9.17, 15) is 4.79 Å². The minimum absolute atomic E-state index is 0.361. The summed E-state index contributed by atoms with van der Waals surface area (Å²) in [5, 5.41) is 0. The molecule has 0 saturated heterocycles. The number of carbonyl (C=O) groups is 1. The maximum Gasteiger partial charge on any atom is 0.366 e. The molecule has 13 heavy (non-hydrogen) atoms. The zero-order valence-electron chi connectivity index (χ0n) is 7.44. The summed E-state index contributed by atoms with van der Waals surface area (Å²) in [6.45, 7) is 3.88. The fraction of sp³-hybridized carbons (Fsp3) is 0.571. The van der Waals surface area contributed by atoms with Crippen LogP contribution in [-0.2, 0) is 9.53 Å². The van der Waals surface area contributed by atoms with Crippen molar-refractivity contribution in [2.24, 2.45) is 0 Å². The molecule has 0 radical (unpaired) electrons. The van der Waals surface area contributed by atoms with Gasteiger partial charge in [-0.2, -0.15) is 0 Å². The van der Waals surface area contributed by atoms with Gasteiger partial charge in [0.05, 0.1) is 6.61 Å². The standard InChI is InChI=1S/C7H11Cl3O2Si/c1-3-4-12-7(11)6(2)5-13(8,9)10/h5H,3-4H2,1-2H3/b6-5+. The zero-order valence-corrected chi connectivity index (χ0v) is 10.7. The quantitative estimate of drug-likeness (QED) is 0.336. The van der Waals surface area contributed by atoms with Crippen LogP contribution < -0.4 is 0 Å². The molecule has 0 rings (SSSR count). The maximum absolute atomic E-state index is 11.1. The van der Waals surface area contributed by atoms with Crippen LogP contribution in [0.5, 0.6) is 0 Å². The lowest BCUT2D eigenvalue weighted by Gasteiger charge is -2.05. The maximum atomic E-state index is 11.1. The van der Waals surface area contributed by atoms with Gasteiger partial charge in [0.1, 0.15) is 0 Å². The number of ether oxygens (including phenoxy) is 1. The van der Waals surface area contributed by atoms with Gasteiger partial charge in [0.25, 0.3) is 0 Å². The van der Waals surface area contributed by atoms with Crippen LogP contribution in [0.2, 0.25) is 0 Å². The smallest absolute Gasteiger partial charge is 0.366 e. The van der Waals surface area contributed by atoms with Gasteiger partial charge < -0.3 is 4.74 Å². The summed E-state index contributed by atoms with van der Waals surface area (Å²) in [5.41, 5.74) is 1.73. The third-order valence-corrected chi connectivity index (χ3v) is 2.88. The van der Waals surface area contributed by atoms with Crippen LogP contribution in [0.25, 0.3) is 0 Å². The van der Waals surface area contributed by atoms with Gasteiger partial charge in [-0.15, -0.1) is 33.2 Å². The van der Waals surface area contributed by atoms with Gasteiger partial charge in [0.2, 0.25) is 0 Å². The van der Waals surface area contributed by atoms with Crippen molar-refractivity contribution in [1.29, 1.82) is 0 Å². The summed E-state index contributed by atoms with van der Waals surface area (Å²) >= 11 is 16.8. The summed E-state index contributed by atoms with van der Waals surface area (Å²) in [5.74, 6) is -0.416. The van der Waals surface area contributed by atoms with E-state index in [1.165, 1.54) is 5.70 Å². The highest BCUT2D eigenvalue weighted by Crippen LogP contribution is 2.22. The number of hydrogen-bond acceptors (Lipinski definition) is 2. The summed E-state index contributed by atoms with van der Waals surface area (Å²) in [6, 6.07) is -2.87. The average Bonchev–Trinajstić information content (AvgIpc) is 1.96. The normalized spacial score (nSPS) is 12.8. The van der Waals surface area contributed by atoms with Gasteiger partial charge in [-0.3, -0.25) is 0 Å². The second-order valence-corrected chi connectivity index (χ2v) is 11.0. The van der Waals surface area contributed by atoms with E-state index >= 15 is 0 Å². The van der Waals surface area contributed by atoms with E-state index < -0.39 is 12.0 Å². The molecule has 0 saturated carbocycles. The highest BCUT2D eigenvalue weighted by molar-refractivity contribution is 7.66. The minimum atomic E-state index is -2.87. The number of halogens is 3. The molecule has 76 valence electrons. The monoisotopic (exact) mass is 260 g/mol. The zero-order chi connectivity index (χ0) is 10.5. The molecule has 0 atom stereocenters. The van der Waals surface area contributed by atoms with Crippen molar-refractivity contribution in [2.45, 2.75) is 20.3 Å². The molecule has 0 aliphatic carbocycles. The second kappa shape index (κ2) is 5.91. The third kappa shape index (κ3) is 7.37. The second-order valence-electron chi connectivity index (χ2n) is 2.50. The summed E-state index contributed by atoms with van der Waals surface area (Å²) in [4.78, 5) is 11.1. The molecular weight excluding hydrogens is 251 g/mol. The molecule has 0 bridgehead atoms. The van der Waals surface area contributed by atoms with Gasteiger partial charge in [0, 0.05) is 5.57 Å². The first-order valence-corrected chi connectivity index (χ1v) is 8.91. The molecule has 2 nitrogen and oxygen atoms in total. The van der Waals surface area contributed by atoms with Crippen LogP contribution in [0, 0.1) is 0 Å².